The molecule has 0 fully saturated rings. The number of nitrogens with zero attached hydrogens (tertiary/aromatic N) is 1. The summed E-state index contributed by atoms with van der Waals surface area (Å²) in [6.45, 7) is 5.52. The summed E-state index contributed by atoms with van der Waals surface area (Å²) in [6, 6.07) is 14.0. The highest BCUT2D eigenvalue weighted by Crippen LogP contribution is 2.38. The van der Waals surface area contributed by atoms with E-state index in [2.05, 4.69) is 6.07 Å². The Hall–Kier alpha value is -3.14. The molecule has 1 aromatic heterocycles. The molecule has 1 aliphatic heterocycles. The summed E-state index contributed by atoms with van der Waals surface area (Å²) >= 11 is 0. The smallest absolute Gasteiger partial charge is 0.197 e. The van der Waals surface area contributed by atoms with E-state index >= 15 is 0 Å². The van der Waals surface area contributed by atoms with E-state index < -0.39 is 5.60 Å². The van der Waals surface area contributed by atoms with Crippen molar-refractivity contribution in [2.75, 3.05) is 0 Å². The number of fused-ring (bicyclic) bond motifs is 5. The SMILES string of the molecule is Cc1cc2c(c3c1c(=O)c1cc4ccccc4cc1n3C)CC(=O)C(C)(C)O2. The number of ether oxygens (including phenoxy) is 1. The van der Waals surface area contributed by atoms with E-state index in [-0.39, 0.29) is 17.6 Å². The van der Waals surface area contributed by atoms with Gasteiger partial charge in [0.25, 0.3) is 0 Å². The highest BCUT2D eigenvalue weighted by Gasteiger charge is 2.37. The Kier molecular flexibility index (Phi) is 3.30. The molecule has 0 saturated carbocycles. The van der Waals surface area contributed by atoms with Crippen LogP contribution in [0, 0.1) is 6.92 Å². The lowest BCUT2D eigenvalue weighted by molar-refractivity contribution is -0.132. The van der Waals surface area contributed by atoms with Gasteiger partial charge in [-0.3, -0.25) is 9.59 Å². The van der Waals surface area contributed by atoms with E-state index in [4.69, 9.17) is 4.74 Å². The van der Waals surface area contributed by atoms with Gasteiger partial charge >= 0.3 is 0 Å². The molecule has 4 nitrogen and oxygen atoms in total. The molecule has 3 aromatic carbocycles. The molecular formula is C24H21NO3. The zero-order chi connectivity index (χ0) is 19.8. The van der Waals surface area contributed by atoms with Crippen LogP contribution in [0.3, 0.4) is 0 Å². The van der Waals surface area contributed by atoms with Crippen LogP contribution in [0.4, 0.5) is 0 Å². The number of aryl methyl sites for hydroxylation is 2. The number of carbonyl (C=O) groups is 1. The molecular weight excluding hydrogens is 350 g/mol. The molecule has 0 saturated heterocycles. The van der Waals surface area contributed by atoms with Crippen molar-refractivity contribution in [2.24, 2.45) is 7.05 Å². The number of rotatable bonds is 0. The molecule has 0 radical (unpaired) electrons. The average Bonchev–Trinajstić information content (AvgIpc) is 2.65. The lowest BCUT2D eigenvalue weighted by atomic mass is 9.89. The molecule has 140 valence electrons. The first kappa shape index (κ1) is 17.0. The van der Waals surface area contributed by atoms with Crippen LogP contribution in [-0.2, 0) is 18.3 Å². The van der Waals surface area contributed by atoms with Crippen molar-refractivity contribution in [3.63, 3.8) is 0 Å². The predicted molar refractivity (Wildman–Crippen MR) is 112 cm³/mol. The van der Waals surface area contributed by atoms with E-state index in [9.17, 15) is 9.59 Å². The minimum atomic E-state index is -0.848. The lowest BCUT2D eigenvalue weighted by Gasteiger charge is -2.32. The number of aromatic nitrogens is 1. The summed E-state index contributed by atoms with van der Waals surface area (Å²) in [5, 5.41) is 3.49. The maximum atomic E-state index is 13.5. The normalized spacial score (nSPS) is 15.8. The number of carbonyl (C=O) groups excluding carboxylic acids is 1. The first-order valence-corrected chi connectivity index (χ1v) is 9.48. The van der Waals surface area contributed by atoms with E-state index in [0.29, 0.717) is 16.5 Å². The maximum absolute atomic E-state index is 13.5. The Morgan fingerprint density at radius 1 is 1.04 bits per heavy atom. The molecule has 0 bridgehead atoms. The topological polar surface area (TPSA) is 48.3 Å². The van der Waals surface area contributed by atoms with Crippen LogP contribution in [0.1, 0.15) is 25.0 Å². The van der Waals surface area contributed by atoms with Gasteiger partial charge in [-0.1, -0.05) is 24.3 Å². The molecule has 0 N–H and O–H groups in total. The quantitative estimate of drug-likeness (QED) is 0.430. The summed E-state index contributed by atoms with van der Waals surface area (Å²) in [5.74, 6) is 0.723. The molecule has 28 heavy (non-hydrogen) atoms. The van der Waals surface area contributed by atoms with Crippen LogP contribution in [-0.4, -0.2) is 16.0 Å². The molecule has 1 aliphatic rings. The summed E-state index contributed by atoms with van der Waals surface area (Å²) in [7, 11) is 1.96. The highest BCUT2D eigenvalue weighted by molar-refractivity contribution is 6.05. The first-order valence-electron chi connectivity index (χ1n) is 9.48. The van der Waals surface area contributed by atoms with Crippen LogP contribution in [0.2, 0.25) is 0 Å². The average molecular weight is 371 g/mol. The Labute approximate surface area is 162 Å². The summed E-state index contributed by atoms with van der Waals surface area (Å²) in [5.41, 5.74) is 2.49. The zero-order valence-electron chi connectivity index (χ0n) is 16.4. The van der Waals surface area contributed by atoms with Gasteiger partial charge in [0.1, 0.15) is 5.75 Å². The van der Waals surface area contributed by atoms with E-state index in [1.807, 2.05) is 54.9 Å². The van der Waals surface area contributed by atoms with Gasteiger partial charge < -0.3 is 9.30 Å². The zero-order valence-corrected chi connectivity index (χ0v) is 16.4. The van der Waals surface area contributed by atoms with Crippen LogP contribution in [0.5, 0.6) is 5.75 Å². The Balaban J connectivity index is 1.99. The fourth-order valence-corrected chi connectivity index (χ4v) is 4.38. The summed E-state index contributed by atoms with van der Waals surface area (Å²) in [4.78, 5) is 26.1. The number of hydrogen-bond donors (Lipinski definition) is 0. The third kappa shape index (κ3) is 2.18. The van der Waals surface area contributed by atoms with Gasteiger partial charge in [-0.25, -0.2) is 0 Å². The van der Waals surface area contributed by atoms with Crippen molar-refractivity contribution < 1.29 is 9.53 Å². The second-order valence-electron chi connectivity index (χ2n) is 8.21. The predicted octanol–water partition coefficient (Wildman–Crippen LogP) is 4.44. The van der Waals surface area contributed by atoms with Gasteiger partial charge in [-0.05, 0) is 55.3 Å². The van der Waals surface area contributed by atoms with Crippen LogP contribution < -0.4 is 10.2 Å². The van der Waals surface area contributed by atoms with Crippen molar-refractivity contribution >= 4 is 38.4 Å². The molecule has 2 heterocycles. The van der Waals surface area contributed by atoms with Crippen LogP contribution in [0.25, 0.3) is 32.6 Å². The Morgan fingerprint density at radius 2 is 1.71 bits per heavy atom. The second-order valence-corrected chi connectivity index (χ2v) is 8.21. The molecule has 0 aliphatic carbocycles. The summed E-state index contributed by atoms with van der Waals surface area (Å²) in [6.07, 6.45) is 0.269. The largest absolute Gasteiger partial charge is 0.480 e. The van der Waals surface area contributed by atoms with Crippen molar-refractivity contribution in [3.8, 4) is 5.75 Å². The summed E-state index contributed by atoms with van der Waals surface area (Å²) < 4.78 is 8.07. The molecule has 0 amide bonds. The van der Waals surface area contributed by atoms with Crippen LogP contribution in [0.15, 0.2) is 47.3 Å². The number of benzene rings is 3. The molecule has 4 aromatic rings. The minimum Gasteiger partial charge on any atom is -0.480 e. The molecule has 4 heteroatoms. The van der Waals surface area contributed by atoms with Gasteiger partial charge in [-0.15, -0.1) is 0 Å². The number of ketones is 1. The maximum Gasteiger partial charge on any atom is 0.197 e. The first-order chi connectivity index (χ1) is 13.3. The highest BCUT2D eigenvalue weighted by atomic mass is 16.5. The standard InChI is InChI=1S/C24H21NO3/c1-13-9-19-17(12-20(26)24(2,3)28-19)22-21(13)23(27)16-10-14-7-5-6-8-15(14)11-18(16)25(22)4/h5-11H,12H2,1-4H3. The Bertz CT molecular complexity index is 1390. The minimum absolute atomic E-state index is 0.00596. The molecule has 5 rings (SSSR count). The molecule has 0 atom stereocenters. The molecule has 0 spiro atoms. The fourth-order valence-electron chi connectivity index (χ4n) is 4.38. The van der Waals surface area contributed by atoms with Crippen LogP contribution >= 0.6 is 0 Å². The van der Waals surface area contributed by atoms with E-state index in [0.717, 1.165) is 32.9 Å². The number of Topliss-reactive ketones (excluding diaryl/α,β-unsaturated/α-hetero) is 1. The van der Waals surface area contributed by atoms with Gasteiger partial charge in [0.15, 0.2) is 16.8 Å². The third-order valence-corrected chi connectivity index (χ3v) is 5.97. The lowest BCUT2D eigenvalue weighted by Crippen LogP contribution is -2.43. The van der Waals surface area contributed by atoms with Crippen molar-refractivity contribution in [1.82, 2.24) is 4.57 Å². The molecule has 0 unspecified atom stereocenters. The van der Waals surface area contributed by atoms with E-state index in [1.165, 1.54) is 0 Å². The van der Waals surface area contributed by atoms with Gasteiger partial charge in [0, 0.05) is 29.8 Å². The fraction of sp³-hybridized carbons (Fsp3) is 0.250. The van der Waals surface area contributed by atoms with Crippen molar-refractivity contribution in [3.05, 3.63) is 63.8 Å². The Morgan fingerprint density at radius 3 is 2.43 bits per heavy atom. The monoisotopic (exact) mass is 371 g/mol. The van der Waals surface area contributed by atoms with Crippen molar-refractivity contribution in [1.29, 1.82) is 0 Å². The number of hydrogen-bond acceptors (Lipinski definition) is 3. The van der Waals surface area contributed by atoms with Gasteiger partial charge in [-0.2, -0.15) is 0 Å². The van der Waals surface area contributed by atoms with Gasteiger partial charge in [0.2, 0.25) is 0 Å². The third-order valence-electron chi connectivity index (χ3n) is 5.97. The number of pyridine rings is 1. The van der Waals surface area contributed by atoms with E-state index in [1.54, 1.807) is 13.8 Å². The second kappa shape index (κ2) is 5.44. The van der Waals surface area contributed by atoms with Gasteiger partial charge in [0.05, 0.1) is 11.0 Å². The van der Waals surface area contributed by atoms with Crippen molar-refractivity contribution in [2.45, 2.75) is 32.8 Å².